The van der Waals surface area contributed by atoms with E-state index in [4.69, 9.17) is 14.6 Å². The Morgan fingerprint density at radius 1 is 1.06 bits per heavy atom. The first-order chi connectivity index (χ1) is 24.4. The number of unbranched alkanes of at least 4 members (excludes halogenated alkanes) is 1. The first-order valence-electron chi connectivity index (χ1n) is 16.1. The lowest BCUT2D eigenvalue weighted by molar-refractivity contribution is -0.136. The first kappa shape index (κ1) is 40.7. The van der Waals surface area contributed by atoms with E-state index >= 15 is 0 Å². The van der Waals surface area contributed by atoms with E-state index in [0.29, 0.717) is 42.2 Å². The van der Waals surface area contributed by atoms with Gasteiger partial charge >= 0.3 is 5.97 Å². The molecule has 2 amide bonds. The van der Waals surface area contributed by atoms with Crippen molar-refractivity contribution in [1.29, 1.82) is 0 Å². The molecule has 5 N–H and O–H groups in total. The van der Waals surface area contributed by atoms with Gasteiger partial charge in [-0.2, -0.15) is 0 Å². The lowest BCUT2D eigenvalue weighted by atomic mass is 10.1. The number of anilines is 1. The van der Waals surface area contributed by atoms with Crippen LogP contribution in [0.3, 0.4) is 0 Å². The lowest BCUT2D eigenvalue weighted by Crippen LogP contribution is -2.42. The van der Waals surface area contributed by atoms with Crippen LogP contribution in [0.4, 0.5) is 5.69 Å². The molecule has 16 nitrogen and oxygen atoms in total. The van der Waals surface area contributed by atoms with Crippen molar-refractivity contribution in [3.63, 3.8) is 0 Å². The summed E-state index contributed by atoms with van der Waals surface area (Å²) in [4.78, 5) is 38.9. The molecule has 52 heavy (non-hydrogen) atoms. The maximum absolute atomic E-state index is 13.1. The summed E-state index contributed by atoms with van der Waals surface area (Å²) in [6.07, 6.45) is 1.76. The van der Waals surface area contributed by atoms with Crippen LogP contribution in [0.15, 0.2) is 61.8 Å². The molecule has 284 valence electrons. The molecule has 1 aliphatic rings. The normalized spacial score (nSPS) is 16.7. The monoisotopic (exact) mass is 799 g/mol. The van der Waals surface area contributed by atoms with Gasteiger partial charge in [0.05, 0.1) is 16.5 Å². The van der Waals surface area contributed by atoms with E-state index in [1.54, 1.807) is 37.3 Å². The molecule has 0 radical (unpaired) electrons. The van der Waals surface area contributed by atoms with Gasteiger partial charge in [0.1, 0.15) is 25.6 Å². The van der Waals surface area contributed by atoms with Crippen LogP contribution >= 0.6 is 11.3 Å². The first-order valence-corrected chi connectivity index (χ1v) is 21.5. The Kier molecular flexibility index (Phi) is 13.1. The van der Waals surface area contributed by atoms with Crippen LogP contribution in [0, 0.1) is 0 Å². The Hall–Kier alpha value is -4.08. The fourth-order valence-corrected chi connectivity index (χ4v) is 10.9. The molecule has 3 aromatic rings. The molecule has 2 heterocycles. The fourth-order valence-electron chi connectivity index (χ4n) is 5.20. The van der Waals surface area contributed by atoms with Gasteiger partial charge in [0.25, 0.3) is 21.8 Å². The standard InChI is InChI=1S/C32H41N5O11S4/c1-5-7-13-35-25-15-21(16-26(51(33,43)44)30(25)48-22-11-9-8-10-12-22)31(40)47-19-28(39)37(4)18-27(38)36-52(45,46)29-17-23-24(34-6-2)14-20(3)50(41,42)32(23)49-29/h8-12,15-17,20,24,34-35H,5-7,13-14,18-19H2,1-4H3,(H,36,38)(H2,33,43,44)/t20-,24-/m0/s1. The Balaban J connectivity index is 1.45. The van der Waals surface area contributed by atoms with Gasteiger partial charge in [-0.05, 0) is 56.6 Å². The third kappa shape index (κ3) is 9.66. The van der Waals surface area contributed by atoms with Crippen molar-refractivity contribution >= 4 is 64.7 Å². The van der Waals surface area contributed by atoms with Crippen LogP contribution in [0.1, 0.15) is 62.0 Å². The number of ether oxygens (including phenoxy) is 2. The Morgan fingerprint density at radius 3 is 2.38 bits per heavy atom. The van der Waals surface area contributed by atoms with Crippen molar-refractivity contribution in [2.24, 2.45) is 5.14 Å². The molecule has 0 fully saturated rings. The van der Waals surface area contributed by atoms with Crippen LogP contribution < -0.4 is 25.2 Å². The molecule has 0 bridgehead atoms. The van der Waals surface area contributed by atoms with Crippen molar-refractivity contribution in [2.45, 2.75) is 64.6 Å². The van der Waals surface area contributed by atoms with Crippen LogP contribution in [-0.2, 0) is 44.2 Å². The number of amides is 2. The van der Waals surface area contributed by atoms with E-state index in [9.17, 15) is 39.6 Å². The number of primary sulfonamides is 1. The van der Waals surface area contributed by atoms with Crippen molar-refractivity contribution < 1.29 is 49.1 Å². The molecule has 1 aromatic heterocycles. The highest BCUT2D eigenvalue weighted by Crippen LogP contribution is 2.43. The number of likely N-dealkylation sites (N-methyl/N-ethyl adjacent to an activating group) is 1. The number of esters is 1. The van der Waals surface area contributed by atoms with E-state index in [2.05, 4.69) is 10.6 Å². The number of sulfone groups is 1. The summed E-state index contributed by atoms with van der Waals surface area (Å²) < 4.78 is 89.7. The number of nitrogens with one attached hydrogen (secondary N) is 3. The second-order valence-corrected chi connectivity index (χ2v) is 19.0. The number of nitrogens with zero attached hydrogens (tertiary/aromatic N) is 1. The summed E-state index contributed by atoms with van der Waals surface area (Å²) in [5.41, 5.74) is 0.174. The molecule has 0 saturated carbocycles. The Bertz CT molecular complexity index is 2140. The van der Waals surface area contributed by atoms with E-state index < -0.39 is 77.0 Å². The minimum atomic E-state index is -4.52. The third-order valence-electron chi connectivity index (χ3n) is 7.94. The molecule has 2 aromatic carbocycles. The molecule has 4 rings (SSSR count). The molecular weight excluding hydrogens is 759 g/mol. The number of carbonyl (C=O) groups is 3. The van der Waals surface area contributed by atoms with Crippen LogP contribution in [-0.4, -0.2) is 86.5 Å². The van der Waals surface area contributed by atoms with Gasteiger partial charge in [-0.1, -0.05) is 38.5 Å². The van der Waals surface area contributed by atoms with Gasteiger partial charge in [-0.25, -0.2) is 39.9 Å². The summed E-state index contributed by atoms with van der Waals surface area (Å²) >= 11 is 0.542. The quantitative estimate of drug-likeness (QED) is 0.121. The van der Waals surface area contributed by atoms with Crippen LogP contribution in [0.2, 0.25) is 0 Å². The van der Waals surface area contributed by atoms with Crippen molar-refractivity contribution in [2.75, 3.05) is 38.6 Å². The maximum atomic E-state index is 13.1. The lowest BCUT2D eigenvalue weighted by Gasteiger charge is -2.27. The van der Waals surface area contributed by atoms with Gasteiger partial charge < -0.3 is 25.0 Å². The zero-order chi connectivity index (χ0) is 38.4. The summed E-state index contributed by atoms with van der Waals surface area (Å²) in [5.74, 6) is -2.93. The molecule has 20 heteroatoms. The van der Waals surface area contributed by atoms with Gasteiger partial charge in [0.15, 0.2) is 22.2 Å². The predicted molar refractivity (Wildman–Crippen MR) is 193 cm³/mol. The number of hydrogen-bond donors (Lipinski definition) is 4. The van der Waals surface area contributed by atoms with E-state index in [1.165, 1.54) is 19.2 Å². The Morgan fingerprint density at radius 2 is 1.75 bits per heavy atom. The highest BCUT2D eigenvalue weighted by atomic mass is 32.3. The summed E-state index contributed by atoms with van der Waals surface area (Å²) in [5, 5.41) is 11.0. The molecule has 0 spiro atoms. The molecule has 2 atom stereocenters. The number of nitrogens with two attached hydrogens (primary N) is 1. The van der Waals surface area contributed by atoms with Gasteiger partial charge in [-0.15, -0.1) is 11.3 Å². The molecule has 1 aliphatic heterocycles. The second kappa shape index (κ2) is 16.7. The average Bonchev–Trinajstić information content (AvgIpc) is 3.55. The molecule has 0 aliphatic carbocycles. The average molecular weight is 800 g/mol. The number of hydrogen-bond acceptors (Lipinski definition) is 14. The number of thiophene rings is 1. The third-order valence-corrected chi connectivity index (χ3v) is 14.6. The van der Waals surface area contributed by atoms with E-state index in [1.807, 2.05) is 18.6 Å². The topological polar surface area (TPSA) is 237 Å². The van der Waals surface area contributed by atoms with E-state index in [-0.39, 0.29) is 31.8 Å². The SMILES string of the molecule is CCCCNc1cc(C(=O)OCC(=O)N(C)CC(=O)NS(=O)(=O)c2cc3c(s2)S(=O)(=O)[C@@H](C)C[C@@H]3NCC)cc(S(N)(=O)=O)c1Oc1ccccc1. The summed E-state index contributed by atoms with van der Waals surface area (Å²) in [7, 11) is -11.6. The number of fused-ring (bicyclic) bond motifs is 1. The number of carbonyl (C=O) groups excluding carboxylic acids is 3. The summed E-state index contributed by atoms with van der Waals surface area (Å²) in [6.45, 7) is 4.60. The smallest absolute Gasteiger partial charge is 0.338 e. The minimum Gasteiger partial charge on any atom is -0.454 e. The second-order valence-electron chi connectivity index (χ2n) is 12.0. The molecule has 0 saturated heterocycles. The number of benzene rings is 2. The Labute approximate surface area is 307 Å². The van der Waals surface area contributed by atoms with Crippen molar-refractivity contribution in [1.82, 2.24) is 14.9 Å². The van der Waals surface area contributed by atoms with Gasteiger partial charge in [0.2, 0.25) is 10.0 Å². The molecule has 0 unspecified atom stereocenters. The van der Waals surface area contributed by atoms with Gasteiger partial charge in [-0.3, -0.25) is 9.59 Å². The fraction of sp³-hybridized carbons (Fsp3) is 0.406. The number of para-hydroxylation sites is 1. The largest absolute Gasteiger partial charge is 0.454 e. The number of rotatable bonds is 16. The van der Waals surface area contributed by atoms with E-state index in [0.717, 1.165) is 17.4 Å². The van der Waals surface area contributed by atoms with Crippen molar-refractivity contribution in [3.8, 4) is 11.5 Å². The highest BCUT2D eigenvalue weighted by molar-refractivity contribution is 7.96. The highest BCUT2D eigenvalue weighted by Gasteiger charge is 2.40. The minimum absolute atomic E-state index is 0.0856. The maximum Gasteiger partial charge on any atom is 0.338 e. The van der Waals surface area contributed by atoms with Gasteiger partial charge in [0, 0.05) is 25.2 Å². The number of sulfonamides is 2. The summed E-state index contributed by atoms with van der Waals surface area (Å²) in [6, 6.07) is 11.4. The van der Waals surface area contributed by atoms with Crippen molar-refractivity contribution in [3.05, 3.63) is 59.7 Å². The zero-order valence-corrected chi connectivity index (χ0v) is 32.1. The molecular formula is C32H41N5O11S4. The van der Waals surface area contributed by atoms with Crippen LogP contribution in [0.5, 0.6) is 11.5 Å². The predicted octanol–water partition coefficient (Wildman–Crippen LogP) is 2.74. The zero-order valence-electron chi connectivity index (χ0n) is 28.9. The van der Waals surface area contributed by atoms with Crippen LogP contribution in [0.25, 0.3) is 0 Å².